The summed E-state index contributed by atoms with van der Waals surface area (Å²) in [4.78, 5) is 97.8. The van der Waals surface area contributed by atoms with Gasteiger partial charge in [-0.1, -0.05) is 94.4 Å². The zero-order chi connectivity index (χ0) is 98.9. The van der Waals surface area contributed by atoms with E-state index in [0.29, 0.717) is 16.7 Å². The van der Waals surface area contributed by atoms with Gasteiger partial charge >= 0.3 is 12.2 Å². The smallest absolute Gasteiger partial charge is 0.411 e. The van der Waals surface area contributed by atoms with E-state index in [9.17, 15) is 73.1 Å². The van der Waals surface area contributed by atoms with E-state index in [4.69, 9.17) is 86.6 Å². The Bertz CT molecular complexity index is 6180. The Hall–Kier alpha value is -9.35. The highest BCUT2D eigenvalue weighted by Crippen LogP contribution is 2.40. The number of ether oxygens (including phenoxy) is 2. The van der Waals surface area contributed by atoms with Gasteiger partial charge in [-0.25, -0.2) is 64.9 Å². The second-order valence-corrected chi connectivity index (χ2v) is 38.0. The van der Waals surface area contributed by atoms with Crippen LogP contribution in [-0.2, 0) is 119 Å². The highest BCUT2D eigenvalue weighted by Gasteiger charge is 2.45. The molecule has 4 aliphatic heterocycles. The molecule has 8 atom stereocenters. The molecule has 6 aromatic carbocycles. The minimum absolute atomic E-state index is 0. The summed E-state index contributed by atoms with van der Waals surface area (Å²) in [7, 11) is 3.26. The Balaban J connectivity index is 0.000000234. The number of halogens is 14. The first-order valence-electron chi connectivity index (χ1n) is 39.1. The van der Waals surface area contributed by atoms with Crippen molar-refractivity contribution >= 4 is 218 Å². The summed E-state index contributed by atoms with van der Waals surface area (Å²) in [6.07, 6.45) is -2.93. The Morgan fingerprint density at radius 2 is 0.948 bits per heavy atom. The van der Waals surface area contributed by atoms with Crippen molar-refractivity contribution in [2.75, 3.05) is 32.7 Å². The molecule has 9 heterocycles. The molecule has 722 valence electrons. The van der Waals surface area contributed by atoms with Crippen LogP contribution < -0.4 is 21.9 Å². The third-order valence-electron chi connectivity index (χ3n) is 19.0. The van der Waals surface area contributed by atoms with Crippen LogP contribution in [0.15, 0.2) is 135 Å². The molecule has 0 bridgehead atoms. The number of nitrogens with zero attached hydrogens (tertiary/aromatic N) is 13. The quantitative estimate of drug-likeness (QED) is 0.0243. The van der Waals surface area contributed by atoms with Gasteiger partial charge in [-0.15, -0.1) is 30.6 Å². The fourth-order valence-electron chi connectivity index (χ4n) is 13.1. The summed E-state index contributed by atoms with van der Waals surface area (Å²) in [5, 5.41) is 32.8. The Labute approximate surface area is 835 Å². The molecule has 0 unspecified atom stereocenters. The molecule has 29 nitrogen and oxygen atoms in total. The summed E-state index contributed by atoms with van der Waals surface area (Å²) in [5.41, 5.74) is 2.31. The number of fused-ring (bicyclic) bond motifs is 1. The number of hydrogen-bond donors (Lipinski definition) is 4. The maximum Gasteiger partial charge on any atom is 0.411 e. The van der Waals surface area contributed by atoms with Crippen LogP contribution in [0.25, 0.3) is 56.4 Å². The van der Waals surface area contributed by atoms with Crippen LogP contribution in [0.5, 0.6) is 0 Å². The lowest BCUT2D eigenvalue weighted by Crippen LogP contribution is -2.46. The summed E-state index contributed by atoms with van der Waals surface area (Å²) >= 11 is 52.6. The molecule has 135 heavy (non-hydrogen) atoms. The number of benzene rings is 6. The normalized spacial score (nSPS) is 17.4. The lowest BCUT2D eigenvalue weighted by molar-refractivity contribution is -0.133. The van der Waals surface area contributed by atoms with Crippen molar-refractivity contribution in [2.24, 2.45) is 5.84 Å². The van der Waals surface area contributed by atoms with Crippen LogP contribution >= 0.6 is 71.5 Å². The van der Waals surface area contributed by atoms with E-state index in [1.54, 1.807) is 85.1 Å². The van der Waals surface area contributed by atoms with Crippen LogP contribution in [0.1, 0.15) is 147 Å². The second-order valence-electron chi connectivity index (χ2n) is 30.6. The molecule has 0 saturated carbocycles. The van der Waals surface area contributed by atoms with E-state index in [2.05, 4.69) is 123 Å². The van der Waals surface area contributed by atoms with Crippen LogP contribution in [-0.4, -0.2) is 181 Å². The fraction of sp³-hybridized carbons (Fsp3) is 0.341. The predicted octanol–water partition coefficient (Wildman–Crippen LogP) is 16.9. The summed E-state index contributed by atoms with van der Waals surface area (Å²) in [6.45, 7) is 12.2. The lowest BCUT2D eigenvalue weighted by atomic mass is 10.0. The van der Waals surface area contributed by atoms with Crippen molar-refractivity contribution in [1.29, 1.82) is 0 Å². The number of likely N-dealkylation sites (tertiary alicyclic amines) is 3. The van der Waals surface area contributed by atoms with Gasteiger partial charge in [0.2, 0.25) is 23.6 Å². The summed E-state index contributed by atoms with van der Waals surface area (Å²) in [5.74, 6) is -0.995. The van der Waals surface area contributed by atoms with E-state index in [0.717, 1.165) is 24.9 Å². The molecule has 4 saturated heterocycles. The number of carbonyl (C=O) groups is 7. The van der Waals surface area contributed by atoms with Gasteiger partial charge in [0.05, 0.1) is 96.7 Å². The molecule has 4 aliphatic rings. The molecule has 0 radical (unpaired) electrons. The van der Waals surface area contributed by atoms with Gasteiger partial charge in [0, 0.05) is 156 Å². The molecule has 5 amide bonds. The summed E-state index contributed by atoms with van der Waals surface area (Å²) in [6, 6.07) is 23.7. The topological polar surface area (TPSA) is 370 Å². The molecule has 15 rings (SSSR count). The third-order valence-corrected chi connectivity index (χ3v) is 22.7. The number of nitrogens with two attached hydrogens (primary N) is 1. The van der Waals surface area contributed by atoms with Crippen molar-refractivity contribution < 1.29 is 95.8 Å². The number of hydrazine groups is 1. The van der Waals surface area contributed by atoms with E-state index >= 15 is 0 Å². The molecule has 4 fully saturated rings. The Morgan fingerprint density at radius 3 is 1.39 bits per heavy atom. The predicted molar refractivity (Wildman–Crippen MR) is 514 cm³/mol. The van der Waals surface area contributed by atoms with Crippen molar-refractivity contribution in [2.45, 2.75) is 148 Å². The van der Waals surface area contributed by atoms with Gasteiger partial charge < -0.3 is 38.3 Å². The molecule has 53 heteroatoms. The first-order valence-corrected chi connectivity index (χ1v) is 49.0. The minimum Gasteiger partial charge on any atom is -0.444 e. The number of aryl methyl sites for hydroxylation is 1. The van der Waals surface area contributed by atoms with E-state index < -0.39 is 125 Å². The van der Waals surface area contributed by atoms with Crippen molar-refractivity contribution in [1.82, 2.24) is 81.1 Å². The van der Waals surface area contributed by atoms with Gasteiger partial charge in [-0.2, -0.15) is 18.6 Å². The van der Waals surface area contributed by atoms with Gasteiger partial charge in [-0.05, 0) is 127 Å². The van der Waals surface area contributed by atoms with Crippen LogP contribution in [0.4, 0.5) is 49.1 Å². The van der Waals surface area contributed by atoms with Crippen molar-refractivity contribution in [3.63, 3.8) is 0 Å². The van der Waals surface area contributed by atoms with E-state index in [-0.39, 0.29) is 178 Å². The number of rotatable bonds is 15. The first-order chi connectivity index (χ1) is 63.5. The number of aromatic nitrogens is 10. The van der Waals surface area contributed by atoms with Gasteiger partial charge in [-0.3, -0.25) is 43.9 Å². The fourth-order valence-corrected chi connectivity index (χ4v) is 14.0. The minimum atomic E-state index is -1.37. The largest absolute Gasteiger partial charge is 0.444 e. The maximum atomic E-state index is 14.6. The highest BCUT2D eigenvalue weighted by molar-refractivity contribution is 8.51. The molecule has 5 N–H and O–H groups in total. The zero-order valence-corrected chi connectivity index (χ0v) is 83.6. The SMILES string of the molecule is CC(=O)c1nn(CC(=O)N2C[C@H](F)C[C@H]2c2nnc(-c3cccc(Cl)c3F)o2)c2ccc(-c3cnc(C)nc3)cc12.CC(C)(C)OC(=O)N1C[C@H](F)C[C@H]1C(=O)CNC(=O)c1cccc(Cl)c1F.CC(C)(C)OC(=O)N1C[C@H](F)C[C@H]1c1nnc(-c2cccc(Cl)c2F)o1.Fc1c(Cl)cccc1-c1nnc([C@@H]2C[C@@H](F)CN2)o1.NNC(=O)c1cccc(Cl)c1F.S.S=S.S=S=S.S=S=S=S. The number of hydrogen-bond acceptors (Lipinski definition) is 29. The number of nitrogens with one attached hydrogen (secondary N) is 3. The molecular weight excluding hydrogens is 2080 g/mol. The number of alkyl halides is 4. The Kier molecular flexibility index (Phi) is 43.8. The third kappa shape index (κ3) is 31.1. The molecule has 0 spiro atoms. The second kappa shape index (κ2) is 52.4. The average molecular weight is 2160 g/mol. The van der Waals surface area contributed by atoms with Crippen LogP contribution in [0.3, 0.4) is 0 Å². The van der Waals surface area contributed by atoms with Crippen LogP contribution in [0, 0.1) is 36.0 Å². The van der Waals surface area contributed by atoms with E-state index in [1.165, 1.54) is 118 Å². The van der Waals surface area contributed by atoms with Crippen molar-refractivity contribution in [3.05, 3.63) is 216 Å². The van der Waals surface area contributed by atoms with Gasteiger partial charge in [0.25, 0.3) is 29.5 Å². The molecular formula is C82H79Cl5F9N17O12S10. The standard InChI is InChI=1S/C28H22ClF2N7O3.C18H21ClF2N2O4.C17H18ClF2N3O3.C12H10ClF2N3O.C7H6ClFN2O.S4.S3.S2.H2S/c1-14(39)26-20-8-16(17-10-32-15(2)33-11-17)6-7-22(20)38(36-26)13-24(40)37-12-18(30)9-23(37)28-35-34-27(41-28)19-4-3-5-21(29)25(19)31;1-18(2,3)27-17(26)23-9-10(20)7-13(23)14(24)8-22-16(25)11-5-4-6-12(19)15(11)21;1-17(2,3)26-16(24)23-8-9(19)7-12(23)15-22-21-14(25-15)10-5-4-6-11(18)13(10)20;13-8-3-1-2-7(10(8)15)11-17-18-12(19-11)9-4-6(14)5-16-9;8-5-3-1-2-4(6(5)9)7(12)11-10;1-3-4-2;1-3-2;1-2;/h3-8,10-11,18,23H,9,12-13H2,1-2H3;4-6,10,13H,7-9H2,1-3H3,(H,22,25);4-6,9,12H,7-8H2,1-3H3;1-3,6,9,16H,4-5H2;1-3H,10H2,(H,11,12);;;;1H2/t18-,23+;10-,13+;9-,12+;6-,9+;;;;;/m1111...../s1. The number of ketones is 2. The summed E-state index contributed by atoms with van der Waals surface area (Å²) < 4.78 is 153. The van der Waals surface area contributed by atoms with Gasteiger partial charge in [0.1, 0.15) is 66.0 Å². The maximum absolute atomic E-state index is 14.6. The molecule has 5 aromatic heterocycles. The number of Topliss-reactive ketones (excluding diaryl/α,β-unsaturated/α-hetero) is 2. The number of nitrogen functional groups attached to an aromatic ring is 1. The lowest BCUT2D eigenvalue weighted by Gasteiger charge is -2.27. The monoisotopic (exact) mass is 2160 g/mol. The highest BCUT2D eigenvalue weighted by atomic mass is 35.5. The van der Waals surface area contributed by atoms with Crippen LogP contribution in [0.2, 0.25) is 25.1 Å². The Morgan fingerprint density at radius 1 is 0.541 bits per heavy atom. The molecule has 0 aliphatic carbocycles. The zero-order valence-electron chi connectivity index (χ0n) is 71.5. The molecule has 11 aromatic rings. The first kappa shape index (κ1) is 113. The van der Waals surface area contributed by atoms with Gasteiger partial charge in [0.15, 0.2) is 40.7 Å². The average Bonchev–Trinajstić information content (AvgIpc) is 1.61. The van der Waals surface area contributed by atoms with E-state index in [1.807, 2.05) is 11.5 Å². The number of amides is 5. The van der Waals surface area contributed by atoms with Crippen molar-refractivity contribution in [3.8, 4) is 45.5 Å². The number of carbonyl (C=O) groups excluding carboxylic acids is 7.